The molecule has 1 aromatic carbocycles. The molecule has 4 heteroatoms. The summed E-state index contributed by atoms with van der Waals surface area (Å²) in [5, 5.41) is 0. The Balaban J connectivity index is 1.67. The SMILES string of the molecule is Cc1ccccc1CC(=O)N1CCC[C@@H](c2ccncn2)C1. The van der Waals surface area contributed by atoms with Crippen LogP contribution in [0.3, 0.4) is 0 Å². The van der Waals surface area contributed by atoms with Gasteiger partial charge in [0.1, 0.15) is 6.33 Å². The Morgan fingerprint density at radius 2 is 2.18 bits per heavy atom. The molecule has 3 rings (SSSR count). The van der Waals surface area contributed by atoms with Gasteiger partial charge in [0, 0.05) is 30.9 Å². The molecule has 0 unspecified atom stereocenters. The average Bonchev–Trinajstić information content (AvgIpc) is 2.58. The summed E-state index contributed by atoms with van der Waals surface area (Å²) in [4.78, 5) is 22.9. The Hall–Kier alpha value is -2.23. The minimum atomic E-state index is 0.216. The van der Waals surface area contributed by atoms with Crippen LogP contribution in [0, 0.1) is 6.92 Å². The molecule has 1 atom stereocenters. The van der Waals surface area contributed by atoms with Crippen LogP contribution in [0.1, 0.15) is 35.6 Å². The molecule has 0 spiro atoms. The number of hydrogen-bond acceptors (Lipinski definition) is 3. The number of aryl methyl sites for hydroxylation is 1. The van der Waals surface area contributed by atoms with Crippen molar-refractivity contribution in [1.82, 2.24) is 14.9 Å². The molecule has 2 heterocycles. The maximum atomic E-state index is 12.6. The Morgan fingerprint density at radius 1 is 1.32 bits per heavy atom. The van der Waals surface area contributed by atoms with Crippen molar-refractivity contribution in [2.24, 2.45) is 0 Å². The molecule has 0 aliphatic carbocycles. The molecule has 1 fully saturated rings. The Labute approximate surface area is 131 Å². The first-order valence-electron chi connectivity index (χ1n) is 7.82. The fraction of sp³-hybridized carbons (Fsp3) is 0.389. The largest absolute Gasteiger partial charge is 0.342 e. The van der Waals surface area contributed by atoms with Crippen molar-refractivity contribution in [3.8, 4) is 0 Å². The minimum Gasteiger partial charge on any atom is -0.342 e. The van der Waals surface area contributed by atoms with Crippen molar-refractivity contribution in [2.75, 3.05) is 13.1 Å². The molecular formula is C18H21N3O. The third-order valence-electron chi connectivity index (χ3n) is 4.40. The summed E-state index contributed by atoms with van der Waals surface area (Å²) in [6, 6.07) is 10.1. The van der Waals surface area contributed by atoms with Crippen LogP contribution in [0.15, 0.2) is 42.9 Å². The van der Waals surface area contributed by atoms with Crippen molar-refractivity contribution < 1.29 is 4.79 Å². The molecule has 0 bridgehead atoms. The molecule has 0 N–H and O–H groups in total. The highest BCUT2D eigenvalue weighted by Crippen LogP contribution is 2.25. The first kappa shape index (κ1) is 14.7. The summed E-state index contributed by atoms with van der Waals surface area (Å²) in [5.41, 5.74) is 3.35. The number of nitrogens with zero attached hydrogens (tertiary/aromatic N) is 3. The highest BCUT2D eigenvalue weighted by Gasteiger charge is 2.25. The highest BCUT2D eigenvalue weighted by molar-refractivity contribution is 5.79. The van der Waals surface area contributed by atoms with Crippen molar-refractivity contribution in [3.05, 3.63) is 59.7 Å². The Kier molecular flexibility index (Phi) is 4.47. The summed E-state index contributed by atoms with van der Waals surface area (Å²) in [7, 11) is 0. The lowest BCUT2D eigenvalue weighted by Crippen LogP contribution is -2.40. The van der Waals surface area contributed by atoms with Gasteiger partial charge in [-0.2, -0.15) is 0 Å². The van der Waals surface area contributed by atoms with Gasteiger partial charge in [-0.1, -0.05) is 24.3 Å². The van der Waals surface area contributed by atoms with E-state index in [1.807, 2.05) is 29.2 Å². The van der Waals surface area contributed by atoms with Crippen molar-refractivity contribution >= 4 is 5.91 Å². The Bertz CT molecular complexity index is 642. The van der Waals surface area contributed by atoms with E-state index in [-0.39, 0.29) is 5.91 Å². The van der Waals surface area contributed by atoms with Gasteiger partial charge in [0.15, 0.2) is 0 Å². The number of amides is 1. The predicted octanol–water partition coefficient (Wildman–Crippen LogP) is 2.73. The van der Waals surface area contributed by atoms with Gasteiger partial charge >= 0.3 is 0 Å². The van der Waals surface area contributed by atoms with Crippen molar-refractivity contribution in [3.63, 3.8) is 0 Å². The van der Waals surface area contributed by atoms with Gasteiger partial charge in [-0.15, -0.1) is 0 Å². The second-order valence-corrected chi connectivity index (χ2v) is 5.92. The molecule has 0 radical (unpaired) electrons. The minimum absolute atomic E-state index is 0.216. The third kappa shape index (κ3) is 3.32. The van der Waals surface area contributed by atoms with E-state index < -0.39 is 0 Å². The van der Waals surface area contributed by atoms with Gasteiger partial charge in [0.05, 0.1) is 6.42 Å². The van der Waals surface area contributed by atoms with Crippen LogP contribution in [0.5, 0.6) is 0 Å². The number of hydrogen-bond donors (Lipinski definition) is 0. The van der Waals surface area contributed by atoms with E-state index in [0.29, 0.717) is 12.3 Å². The van der Waals surface area contributed by atoms with Crippen LogP contribution in [0.2, 0.25) is 0 Å². The monoisotopic (exact) mass is 295 g/mol. The zero-order valence-corrected chi connectivity index (χ0v) is 12.9. The van der Waals surface area contributed by atoms with Crippen LogP contribution in [0.25, 0.3) is 0 Å². The van der Waals surface area contributed by atoms with E-state index in [4.69, 9.17) is 0 Å². The number of piperidine rings is 1. The summed E-state index contributed by atoms with van der Waals surface area (Å²) in [6.07, 6.45) is 5.97. The number of aromatic nitrogens is 2. The molecule has 1 aliphatic heterocycles. The van der Waals surface area contributed by atoms with Crippen molar-refractivity contribution in [2.45, 2.75) is 32.1 Å². The van der Waals surface area contributed by atoms with E-state index >= 15 is 0 Å². The maximum Gasteiger partial charge on any atom is 0.227 e. The molecule has 114 valence electrons. The van der Waals surface area contributed by atoms with Gasteiger partial charge in [-0.05, 0) is 37.0 Å². The molecule has 1 amide bonds. The number of carbonyl (C=O) groups is 1. The lowest BCUT2D eigenvalue weighted by Gasteiger charge is -2.32. The molecular weight excluding hydrogens is 274 g/mol. The third-order valence-corrected chi connectivity index (χ3v) is 4.40. The average molecular weight is 295 g/mol. The topological polar surface area (TPSA) is 46.1 Å². The quantitative estimate of drug-likeness (QED) is 0.874. The van der Waals surface area contributed by atoms with Crippen LogP contribution in [-0.4, -0.2) is 33.9 Å². The second kappa shape index (κ2) is 6.69. The summed E-state index contributed by atoms with van der Waals surface area (Å²) >= 11 is 0. The molecule has 1 aromatic heterocycles. The van der Waals surface area contributed by atoms with E-state index in [1.54, 1.807) is 12.5 Å². The summed E-state index contributed by atoms with van der Waals surface area (Å²) < 4.78 is 0. The zero-order valence-electron chi connectivity index (χ0n) is 12.9. The van der Waals surface area contributed by atoms with Gasteiger partial charge < -0.3 is 4.90 Å². The number of rotatable bonds is 3. The fourth-order valence-corrected chi connectivity index (χ4v) is 3.07. The maximum absolute atomic E-state index is 12.6. The van der Waals surface area contributed by atoms with Gasteiger partial charge in [-0.3, -0.25) is 4.79 Å². The molecule has 4 nitrogen and oxygen atoms in total. The zero-order chi connectivity index (χ0) is 15.4. The summed E-state index contributed by atoms with van der Waals surface area (Å²) in [5.74, 6) is 0.547. The van der Waals surface area contributed by atoms with Crippen LogP contribution in [-0.2, 0) is 11.2 Å². The molecule has 22 heavy (non-hydrogen) atoms. The van der Waals surface area contributed by atoms with E-state index in [1.165, 1.54) is 5.56 Å². The van der Waals surface area contributed by atoms with E-state index in [2.05, 4.69) is 23.0 Å². The van der Waals surface area contributed by atoms with Crippen LogP contribution >= 0.6 is 0 Å². The van der Waals surface area contributed by atoms with Crippen LogP contribution < -0.4 is 0 Å². The van der Waals surface area contributed by atoms with E-state index in [0.717, 1.165) is 37.2 Å². The summed E-state index contributed by atoms with van der Waals surface area (Å²) in [6.45, 7) is 3.68. The lowest BCUT2D eigenvalue weighted by atomic mass is 9.94. The predicted molar refractivity (Wildman–Crippen MR) is 85.5 cm³/mol. The standard InChI is InChI=1S/C18H21N3O/c1-14-5-2-3-6-15(14)11-18(22)21-10-4-7-16(12-21)17-8-9-19-13-20-17/h2-3,5-6,8-9,13,16H,4,7,10-12H2,1H3/t16-/m1/s1. The van der Waals surface area contributed by atoms with Crippen LogP contribution in [0.4, 0.5) is 0 Å². The first-order chi connectivity index (χ1) is 10.7. The Morgan fingerprint density at radius 3 is 2.95 bits per heavy atom. The fourth-order valence-electron chi connectivity index (χ4n) is 3.07. The second-order valence-electron chi connectivity index (χ2n) is 5.92. The van der Waals surface area contributed by atoms with Crippen molar-refractivity contribution in [1.29, 1.82) is 0 Å². The number of carbonyl (C=O) groups excluding carboxylic acids is 1. The molecule has 1 saturated heterocycles. The molecule has 0 saturated carbocycles. The van der Waals surface area contributed by atoms with Gasteiger partial charge in [0.25, 0.3) is 0 Å². The smallest absolute Gasteiger partial charge is 0.227 e. The lowest BCUT2D eigenvalue weighted by molar-refractivity contribution is -0.131. The van der Waals surface area contributed by atoms with Gasteiger partial charge in [0.2, 0.25) is 5.91 Å². The van der Waals surface area contributed by atoms with E-state index in [9.17, 15) is 4.79 Å². The normalized spacial score (nSPS) is 18.2. The molecule has 1 aliphatic rings. The number of likely N-dealkylation sites (tertiary alicyclic amines) is 1. The first-order valence-corrected chi connectivity index (χ1v) is 7.82. The highest BCUT2D eigenvalue weighted by atomic mass is 16.2. The number of benzene rings is 1. The van der Waals surface area contributed by atoms with Gasteiger partial charge in [-0.25, -0.2) is 9.97 Å². The molecule has 2 aromatic rings.